The SMILES string of the molecule is CCOC(=O)C(N)C(=O)Nc1ccc(F)nc1. The van der Waals surface area contributed by atoms with E-state index >= 15 is 0 Å². The number of rotatable bonds is 4. The molecular formula is C10H12FN3O3. The number of aromatic nitrogens is 1. The minimum Gasteiger partial charge on any atom is -0.464 e. The molecule has 7 heteroatoms. The minimum absolute atomic E-state index is 0.137. The molecule has 0 aliphatic carbocycles. The van der Waals surface area contributed by atoms with Gasteiger partial charge in [-0.05, 0) is 19.1 Å². The second-order valence-corrected chi connectivity index (χ2v) is 3.09. The van der Waals surface area contributed by atoms with Gasteiger partial charge in [-0.3, -0.25) is 4.79 Å². The maximum absolute atomic E-state index is 12.5. The van der Waals surface area contributed by atoms with Gasteiger partial charge >= 0.3 is 5.97 Å². The number of anilines is 1. The molecule has 0 aliphatic heterocycles. The number of ether oxygens (including phenoxy) is 1. The molecular weight excluding hydrogens is 229 g/mol. The Morgan fingerprint density at radius 3 is 2.82 bits per heavy atom. The topological polar surface area (TPSA) is 94.3 Å². The number of nitrogens with one attached hydrogen (secondary N) is 1. The van der Waals surface area contributed by atoms with E-state index in [0.29, 0.717) is 0 Å². The van der Waals surface area contributed by atoms with Gasteiger partial charge in [0.2, 0.25) is 5.95 Å². The minimum atomic E-state index is -1.42. The van der Waals surface area contributed by atoms with Crippen LogP contribution in [0.2, 0.25) is 0 Å². The summed E-state index contributed by atoms with van der Waals surface area (Å²) in [5, 5.41) is 2.31. The van der Waals surface area contributed by atoms with E-state index in [1.807, 2.05) is 0 Å². The maximum Gasteiger partial charge on any atom is 0.332 e. The van der Waals surface area contributed by atoms with Crippen LogP contribution in [0, 0.1) is 5.95 Å². The Morgan fingerprint density at radius 2 is 2.29 bits per heavy atom. The highest BCUT2D eigenvalue weighted by Crippen LogP contribution is 2.05. The van der Waals surface area contributed by atoms with Crippen molar-refractivity contribution in [1.82, 2.24) is 4.98 Å². The fourth-order valence-corrected chi connectivity index (χ4v) is 1.01. The normalized spacial score (nSPS) is 11.7. The van der Waals surface area contributed by atoms with Gasteiger partial charge in [-0.2, -0.15) is 4.39 Å². The van der Waals surface area contributed by atoms with E-state index in [0.717, 1.165) is 12.3 Å². The highest BCUT2D eigenvalue weighted by atomic mass is 19.1. The van der Waals surface area contributed by atoms with Gasteiger partial charge in [0.1, 0.15) is 0 Å². The Balaban J connectivity index is 2.59. The van der Waals surface area contributed by atoms with Gasteiger partial charge in [0, 0.05) is 0 Å². The monoisotopic (exact) mass is 241 g/mol. The van der Waals surface area contributed by atoms with E-state index in [1.165, 1.54) is 6.07 Å². The summed E-state index contributed by atoms with van der Waals surface area (Å²) in [5.74, 6) is -2.23. The first-order valence-corrected chi connectivity index (χ1v) is 4.89. The van der Waals surface area contributed by atoms with Crippen LogP contribution in [0.4, 0.5) is 10.1 Å². The quantitative estimate of drug-likeness (QED) is 0.441. The van der Waals surface area contributed by atoms with Crippen molar-refractivity contribution in [2.45, 2.75) is 13.0 Å². The van der Waals surface area contributed by atoms with E-state index in [4.69, 9.17) is 5.73 Å². The number of pyridine rings is 1. The highest BCUT2D eigenvalue weighted by Gasteiger charge is 2.23. The van der Waals surface area contributed by atoms with Crippen molar-refractivity contribution in [3.63, 3.8) is 0 Å². The molecule has 0 aliphatic rings. The Labute approximate surface area is 97.0 Å². The van der Waals surface area contributed by atoms with Crippen molar-refractivity contribution in [3.05, 3.63) is 24.3 Å². The molecule has 0 saturated carbocycles. The van der Waals surface area contributed by atoms with Crippen LogP contribution in [0.3, 0.4) is 0 Å². The number of hydrogen-bond donors (Lipinski definition) is 2. The highest BCUT2D eigenvalue weighted by molar-refractivity contribution is 6.08. The summed E-state index contributed by atoms with van der Waals surface area (Å²) < 4.78 is 17.1. The summed E-state index contributed by atoms with van der Waals surface area (Å²) in [6, 6.07) is 0.962. The van der Waals surface area contributed by atoms with Gasteiger partial charge in [-0.1, -0.05) is 0 Å². The molecule has 1 atom stereocenters. The molecule has 3 N–H and O–H groups in total. The molecule has 0 aromatic carbocycles. The van der Waals surface area contributed by atoms with Gasteiger partial charge in [-0.25, -0.2) is 9.78 Å². The lowest BCUT2D eigenvalue weighted by molar-refractivity contribution is -0.146. The summed E-state index contributed by atoms with van der Waals surface area (Å²) in [4.78, 5) is 25.9. The zero-order valence-electron chi connectivity index (χ0n) is 9.14. The molecule has 1 amide bonds. The number of amides is 1. The van der Waals surface area contributed by atoms with E-state index in [9.17, 15) is 14.0 Å². The third-order valence-corrected chi connectivity index (χ3v) is 1.82. The fourth-order valence-electron chi connectivity index (χ4n) is 1.01. The predicted octanol–water partition coefficient (Wildman–Crippen LogP) is 0.0496. The second-order valence-electron chi connectivity index (χ2n) is 3.09. The van der Waals surface area contributed by atoms with Crippen molar-refractivity contribution in [1.29, 1.82) is 0 Å². The van der Waals surface area contributed by atoms with Gasteiger partial charge in [0.05, 0.1) is 18.5 Å². The first kappa shape index (κ1) is 13.0. The molecule has 1 heterocycles. The van der Waals surface area contributed by atoms with E-state index < -0.39 is 23.9 Å². The smallest absolute Gasteiger partial charge is 0.332 e. The molecule has 17 heavy (non-hydrogen) atoms. The average molecular weight is 241 g/mol. The Morgan fingerprint density at radius 1 is 1.59 bits per heavy atom. The Bertz CT molecular complexity index is 408. The van der Waals surface area contributed by atoms with Crippen molar-refractivity contribution in [3.8, 4) is 0 Å². The standard InChI is InChI=1S/C10H12FN3O3/c1-2-17-10(16)8(12)9(15)14-6-3-4-7(11)13-5-6/h3-5,8H,2,12H2,1H3,(H,14,15). The lowest BCUT2D eigenvalue weighted by Crippen LogP contribution is -2.43. The Kier molecular flexibility index (Phi) is 4.53. The molecule has 6 nitrogen and oxygen atoms in total. The molecule has 0 saturated heterocycles. The van der Waals surface area contributed by atoms with E-state index in [-0.39, 0.29) is 12.3 Å². The number of carbonyl (C=O) groups is 2. The molecule has 1 rings (SSSR count). The van der Waals surface area contributed by atoms with Gasteiger partial charge < -0.3 is 15.8 Å². The summed E-state index contributed by atoms with van der Waals surface area (Å²) in [5.41, 5.74) is 5.59. The Hall–Kier alpha value is -2.02. The number of esters is 1. The third kappa shape index (κ3) is 3.80. The number of halogens is 1. The van der Waals surface area contributed by atoms with Crippen LogP contribution in [0.5, 0.6) is 0 Å². The van der Waals surface area contributed by atoms with Gasteiger partial charge in [0.25, 0.3) is 5.91 Å². The van der Waals surface area contributed by atoms with Crippen LogP contribution in [0.15, 0.2) is 18.3 Å². The molecule has 0 bridgehead atoms. The summed E-state index contributed by atoms with van der Waals surface area (Å²) >= 11 is 0. The van der Waals surface area contributed by atoms with E-state index in [2.05, 4.69) is 15.0 Å². The molecule has 0 fully saturated rings. The van der Waals surface area contributed by atoms with Crippen LogP contribution in [0.1, 0.15) is 6.92 Å². The van der Waals surface area contributed by atoms with Crippen LogP contribution < -0.4 is 11.1 Å². The van der Waals surface area contributed by atoms with Gasteiger partial charge in [-0.15, -0.1) is 0 Å². The molecule has 1 aromatic rings. The first-order valence-electron chi connectivity index (χ1n) is 4.89. The molecule has 1 aromatic heterocycles. The van der Waals surface area contributed by atoms with Crippen LogP contribution >= 0.6 is 0 Å². The van der Waals surface area contributed by atoms with E-state index in [1.54, 1.807) is 6.92 Å². The van der Waals surface area contributed by atoms with Crippen molar-refractivity contribution < 1.29 is 18.7 Å². The molecule has 1 unspecified atom stereocenters. The summed E-state index contributed by atoms with van der Waals surface area (Å²) in [7, 11) is 0. The second kappa shape index (κ2) is 5.90. The fraction of sp³-hybridized carbons (Fsp3) is 0.300. The third-order valence-electron chi connectivity index (χ3n) is 1.82. The number of nitrogens with two attached hydrogens (primary N) is 1. The largest absolute Gasteiger partial charge is 0.464 e. The molecule has 0 spiro atoms. The van der Waals surface area contributed by atoms with Crippen molar-refractivity contribution >= 4 is 17.6 Å². The lowest BCUT2D eigenvalue weighted by atomic mass is 10.3. The number of nitrogens with zero attached hydrogens (tertiary/aromatic N) is 1. The summed E-state index contributed by atoms with van der Waals surface area (Å²) in [6.45, 7) is 1.74. The van der Waals surface area contributed by atoms with Gasteiger partial charge in [0.15, 0.2) is 6.04 Å². The molecule has 0 radical (unpaired) electrons. The average Bonchev–Trinajstić information content (AvgIpc) is 2.31. The summed E-state index contributed by atoms with van der Waals surface area (Å²) in [6.07, 6.45) is 1.12. The van der Waals surface area contributed by atoms with Crippen LogP contribution in [-0.2, 0) is 14.3 Å². The molecule has 92 valence electrons. The first-order chi connectivity index (χ1) is 8.04. The maximum atomic E-state index is 12.5. The van der Waals surface area contributed by atoms with Crippen LogP contribution in [0.25, 0.3) is 0 Å². The lowest BCUT2D eigenvalue weighted by Gasteiger charge is -2.10. The number of hydrogen-bond acceptors (Lipinski definition) is 5. The zero-order valence-corrected chi connectivity index (χ0v) is 9.14. The van der Waals surface area contributed by atoms with Crippen LogP contribution in [-0.4, -0.2) is 29.5 Å². The number of carbonyl (C=O) groups excluding carboxylic acids is 2. The van der Waals surface area contributed by atoms with Crippen molar-refractivity contribution in [2.75, 3.05) is 11.9 Å². The zero-order chi connectivity index (χ0) is 12.8. The predicted molar refractivity (Wildman–Crippen MR) is 57.4 cm³/mol. The van der Waals surface area contributed by atoms with Crippen molar-refractivity contribution in [2.24, 2.45) is 5.73 Å².